The first-order valence-electron chi connectivity index (χ1n) is 8.65. The van der Waals surface area contributed by atoms with Crippen molar-refractivity contribution in [1.82, 2.24) is 0 Å². The van der Waals surface area contributed by atoms with Crippen LogP contribution in [0.5, 0.6) is 17.2 Å². The van der Waals surface area contributed by atoms with Gasteiger partial charge < -0.3 is 14.2 Å². The van der Waals surface area contributed by atoms with Gasteiger partial charge in [0, 0.05) is 12.0 Å². The summed E-state index contributed by atoms with van der Waals surface area (Å²) in [6, 6.07) is 8.95. The molecule has 26 heavy (non-hydrogen) atoms. The Balaban J connectivity index is 1.60. The van der Waals surface area contributed by atoms with E-state index in [4.69, 9.17) is 14.2 Å². The Morgan fingerprint density at radius 1 is 0.962 bits per heavy atom. The Morgan fingerprint density at radius 3 is 2.46 bits per heavy atom. The normalized spacial score (nSPS) is 12.6. The molecule has 0 aromatic heterocycles. The summed E-state index contributed by atoms with van der Waals surface area (Å²) in [4.78, 5) is 24.5. The standard InChI is InChI=1S/C21H22O5/c1-13-10-14(2)15(3)19(11-13)26-21(23)7-5-17(22)16-4-6-18-20(12-16)25-9-8-24-18/h4,6,10-12H,5,7-9H2,1-3H3. The Kier molecular flexibility index (Phi) is 5.26. The second-order valence-electron chi connectivity index (χ2n) is 6.46. The number of esters is 1. The van der Waals surface area contributed by atoms with Crippen molar-refractivity contribution in [2.75, 3.05) is 13.2 Å². The largest absolute Gasteiger partial charge is 0.486 e. The van der Waals surface area contributed by atoms with Crippen LogP contribution in [0.15, 0.2) is 30.3 Å². The summed E-state index contributed by atoms with van der Waals surface area (Å²) in [5.41, 5.74) is 3.54. The Hall–Kier alpha value is -2.82. The quantitative estimate of drug-likeness (QED) is 0.462. The molecule has 2 aromatic rings. The van der Waals surface area contributed by atoms with Gasteiger partial charge in [-0.1, -0.05) is 6.07 Å². The molecule has 136 valence electrons. The van der Waals surface area contributed by atoms with E-state index in [0.717, 1.165) is 16.7 Å². The molecule has 0 amide bonds. The number of hydrogen-bond donors (Lipinski definition) is 0. The highest BCUT2D eigenvalue weighted by molar-refractivity contribution is 5.98. The molecule has 3 rings (SSSR count). The zero-order valence-electron chi connectivity index (χ0n) is 15.3. The lowest BCUT2D eigenvalue weighted by Gasteiger charge is -2.18. The maximum atomic E-state index is 12.4. The molecular weight excluding hydrogens is 332 g/mol. The van der Waals surface area contributed by atoms with Crippen LogP contribution in [0.4, 0.5) is 0 Å². The van der Waals surface area contributed by atoms with Gasteiger partial charge in [0.1, 0.15) is 19.0 Å². The molecule has 0 saturated heterocycles. The minimum atomic E-state index is -0.413. The third-order valence-electron chi connectivity index (χ3n) is 4.41. The highest BCUT2D eigenvalue weighted by Gasteiger charge is 2.17. The van der Waals surface area contributed by atoms with Crippen molar-refractivity contribution >= 4 is 11.8 Å². The first-order chi connectivity index (χ1) is 12.4. The number of Topliss-reactive ketones (excluding diaryl/α,β-unsaturated/α-hetero) is 1. The van der Waals surface area contributed by atoms with E-state index < -0.39 is 5.97 Å². The lowest BCUT2D eigenvalue weighted by Crippen LogP contribution is -2.16. The van der Waals surface area contributed by atoms with Crippen LogP contribution in [0.3, 0.4) is 0 Å². The highest BCUT2D eigenvalue weighted by Crippen LogP contribution is 2.31. The third kappa shape index (κ3) is 4.04. The molecule has 0 spiro atoms. The maximum absolute atomic E-state index is 12.4. The lowest BCUT2D eigenvalue weighted by molar-refractivity contribution is -0.134. The molecule has 2 aromatic carbocycles. The minimum absolute atomic E-state index is 0.0275. The number of hydrogen-bond acceptors (Lipinski definition) is 5. The van der Waals surface area contributed by atoms with E-state index in [0.29, 0.717) is 36.0 Å². The van der Waals surface area contributed by atoms with E-state index in [9.17, 15) is 9.59 Å². The summed E-state index contributed by atoms with van der Waals surface area (Å²) >= 11 is 0. The number of fused-ring (bicyclic) bond motifs is 1. The van der Waals surface area contributed by atoms with Crippen molar-refractivity contribution < 1.29 is 23.8 Å². The first kappa shape index (κ1) is 18.0. The summed E-state index contributed by atoms with van der Waals surface area (Å²) in [7, 11) is 0. The molecule has 0 aliphatic carbocycles. The number of benzene rings is 2. The van der Waals surface area contributed by atoms with Gasteiger partial charge in [-0.15, -0.1) is 0 Å². The monoisotopic (exact) mass is 354 g/mol. The Bertz CT molecular complexity index is 854. The molecule has 1 aliphatic heterocycles. The molecule has 0 atom stereocenters. The van der Waals surface area contributed by atoms with Crippen molar-refractivity contribution in [2.24, 2.45) is 0 Å². The molecule has 1 heterocycles. The second-order valence-corrected chi connectivity index (χ2v) is 6.46. The molecule has 0 radical (unpaired) electrons. The molecule has 1 aliphatic rings. The van der Waals surface area contributed by atoms with Gasteiger partial charge in [-0.2, -0.15) is 0 Å². The fourth-order valence-electron chi connectivity index (χ4n) is 2.86. The lowest BCUT2D eigenvalue weighted by atomic mass is 10.1. The topological polar surface area (TPSA) is 61.8 Å². The van der Waals surface area contributed by atoms with Crippen LogP contribution in [0.25, 0.3) is 0 Å². The van der Waals surface area contributed by atoms with Crippen LogP contribution in [0, 0.1) is 20.8 Å². The third-order valence-corrected chi connectivity index (χ3v) is 4.41. The van der Waals surface area contributed by atoms with Gasteiger partial charge in [0.15, 0.2) is 17.3 Å². The number of rotatable bonds is 5. The number of ketones is 1. The predicted molar refractivity (Wildman–Crippen MR) is 97.3 cm³/mol. The average Bonchev–Trinajstić information content (AvgIpc) is 2.63. The zero-order chi connectivity index (χ0) is 18.7. The molecule has 0 fully saturated rings. The summed E-state index contributed by atoms with van der Waals surface area (Å²) in [6.07, 6.45) is 0.113. The number of ether oxygens (including phenoxy) is 3. The summed E-state index contributed by atoms with van der Waals surface area (Å²) in [5.74, 6) is 1.22. The molecule has 5 nitrogen and oxygen atoms in total. The Labute approximate surface area is 152 Å². The van der Waals surface area contributed by atoms with E-state index in [1.807, 2.05) is 32.9 Å². The molecule has 0 saturated carbocycles. The zero-order valence-corrected chi connectivity index (χ0v) is 15.3. The molecule has 0 N–H and O–H groups in total. The van der Waals surface area contributed by atoms with E-state index in [1.165, 1.54) is 0 Å². The van der Waals surface area contributed by atoms with E-state index >= 15 is 0 Å². The van der Waals surface area contributed by atoms with Crippen molar-refractivity contribution in [1.29, 1.82) is 0 Å². The van der Waals surface area contributed by atoms with Crippen LogP contribution in [-0.4, -0.2) is 25.0 Å². The second kappa shape index (κ2) is 7.60. The van der Waals surface area contributed by atoms with E-state index in [-0.39, 0.29) is 18.6 Å². The number of carbonyl (C=O) groups excluding carboxylic acids is 2. The van der Waals surface area contributed by atoms with Gasteiger partial charge in [0.05, 0.1) is 6.42 Å². The van der Waals surface area contributed by atoms with E-state index in [1.54, 1.807) is 18.2 Å². The van der Waals surface area contributed by atoms with Crippen LogP contribution >= 0.6 is 0 Å². The maximum Gasteiger partial charge on any atom is 0.311 e. The van der Waals surface area contributed by atoms with Crippen LogP contribution in [-0.2, 0) is 4.79 Å². The summed E-state index contributed by atoms with van der Waals surface area (Å²) in [5, 5.41) is 0. The number of carbonyl (C=O) groups is 2. The van der Waals surface area contributed by atoms with Crippen molar-refractivity contribution in [3.63, 3.8) is 0 Å². The summed E-state index contributed by atoms with van der Waals surface area (Å²) in [6.45, 7) is 6.81. The highest BCUT2D eigenvalue weighted by atomic mass is 16.6. The summed E-state index contributed by atoms with van der Waals surface area (Å²) < 4.78 is 16.4. The smallest absolute Gasteiger partial charge is 0.311 e. The van der Waals surface area contributed by atoms with Gasteiger partial charge in [-0.05, 0) is 61.7 Å². The minimum Gasteiger partial charge on any atom is -0.486 e. The molecule has 0 unspecified atom stereocenters. The van der Waals surface area contributed by atoms with Gasteiger partial charge in [0.25, 0.3) is 0 Å². The van der Waals surface area contributed by atoms with Crippen molar-refractivity contribution in [3.05, 3.63) is 52.6 Å². The van der Waals surface area contributed by atoms with Crippen LogP contribution < -0.4 is 14.2 Å². The fraction of sp³-hybridized carbons (Fsp3) is 0.333. The molecule has 5 heteroatoms. The fourth-order valence-corrected chi connectivity index (χ4v) is 2.86. The first-order valence-corrected chi connectivity index (χ1v) is 8.65. The number of aryl methyl sites for hydroxylation is 2. The van der Waals surface area contributed by atoms with Crippen molar-refractivity contribution in [2.45, 2.75) is 33.6 Å². The van der Waals surface area contributed by atoms with Gasteiger partial charge in [-0.25, -0.2) is 0 Å². The SMILES string of the molecule is Cc1cc(C)c(C)c(OC(=O)CCC(=O)c2ccc3c(c2)OCCO3)c1. The van der Waals surface area contributed by atoms with Gasteiger partial charge in [0.2, 0.25) is 0 Å². The molecular formula is C21H22O5. The van der Waals surface area contributed by atoms with Crippen molar-refractivity contribution in [3.8, 4) is 17.2 Å². The molecule has 0 bridgehead atoms. The van der Waals surface area contributed by atoms with E-state index in [2.05, 4.69) is 0 Å². The van der Waals surface area contributed by atoms with Crippen LogP contribution in [0.1, 0.15) is 39.9 Å². The van der Waals surface area contributed by atoms with Crippen LogP contribution in [0.2, 0.25) is 0 Å². The van der Waals surface area contributed by atoms with Gasteiger partial charge in [-0.3, -0.25) is 9.59 Å². The average molecular weight is 354 g/mol. The predicted octanol–water partition coefficient (Wildman–Crippen LogP) is 3.95. The Morgan fingerprint density at radius 2 is 1.69 bits per heavy atom. The van der Waals surface area contributed by atoms with Gasteiger partial charge >= 0.3 is 5.97 Å².